The van der Waals surface area contributed by atoms with Gasteiger partial charge in [-0.15, -0.1) is 11.3 Å². The number of ether oxygens (including phenoxy) is 1. The van der Waals surface area contributed by atoms with E-state index in [4.69, 9.17) is 4.74 Å². The highest BCUT2D eigenvalue weighted by molar-refractivity contribution is 7.09. The quantitative estimate of drug-likeness (QED) is 0.805. The van der Waals surface area contributed by atoms with Crippen molar-refractivity contribution < 1.29 is 9.53 Å². The molecule has 0 aliphatic carbocycles. The number of nitrogens with zero attached hydrogens (tertiary/aromatic N) is 1. The number of carbonyl (C=O) groups excluding carboxylic acids is 1. The zero-order valence-electron chi connectivity index (χ0n) is 13.7. The summed E-state index contributed by atoms with van der Waals surface area (Å²) in [7, 11) is 0. The van der Waals surface area contributed by atoms with Gasteiger partial charge in [-0.2, -0.15) is 0 Å². The molecule has 0 spiro atoms. The summed E-state index contributed by atoms with van der Waals surface area (Å²) in [6.07, 6.45) is 2.38. The fourth-order valence-electron chi connectivity index (χ4n) is 2.68. The van der Waals surface area contributed by atoms with Gasteiger partial charge >= 0.3 is 0 Å². The number of morpholine rings is 1. The van der Waals surface area contributed by atoms with Gasteiger partial charge in [-0.05, 0) is 12.0 Å². The molecule has 1 amide bonds. The van der Waals surface area contributed by atoms with Crippen LogP contribution in [0.25, 0.3) is 0 Å². The van der Waals surface area contributed by atoms with Crippen molar-refractivity contribution in [3.63, 3.8) is 0 Å². The van der Waals surface area contributed by atoms with Gasteiger partial charge in [0.25, 0.3) is 0 Å². The molecule has 1 aliphatic heterocycles. The van der Waals surface area contributed by atoms with Crippen LogP contribution < -0.4 is 10.6 Å². The molecule has 6 heteroatoms. The van der Waals surface area contributed by atoms with E-state index in [9.17, 15) is 4.79 Å². The van der Waals surface area contributed by atoms with E-state index in [0.717, 1.165) is 36.7 Å². The molecule has 0 bridgehead atoms. The first-order valence-electron chi connectivity index (χ1n) is 8.34. The molecule has 1 saturated heterocycles. The Bertz CT molecular complexity index is 639. The SMILES string of the molecule is O=C(CC1COCCN1)NCc1csc(CCc2ccccc2)n1. The van der Waals surface area contributed by atoms with Crippen molar-refractivity contribution in [1.82, 2.24) is 15.6 Å². The number of hydrogen-bond donors (Lipinski definition) is 2. The van der Waals surface area contributed by atoms with Crippen LogP contribution in [0.1, 0.15) is 22.7 Å². The first kappa shape index (κ1) is 17.1. The Hall–Kier alpha value is -1.76. The van der Waals surface area contributed by atoms with Crippen LogP contribution in [0.4, 0.5) is 0 Å². The third kappa shape index (κ3) is 5.40. The predicted octanol–water partition coefficient (Wildman–Crippen LogP) is 1.92. The number of benzene rings is 1. The van der Waals surface area contributed by atoms with Gasteiger partial charge in [0.1, 0.15) is 0 Å². The van der Waals surface area contributed by atoms with E-state index < -0.39 is 0 Å². The summed E-state index contributed by atoms with van der Waals surface area (Å²) in [6, 6.07) is 10.5. The number of carbonyl (C=O) groups is 1. The van der Waals surface area contributed by atoms with Gasteiger partial charge in [-0.3, -0.25) is 4.79 Å². The Morgan fingerprint density at radius 1 is 1.33 bits per heavy atom. The fourth-order valence-corrected chi connectivity index (χ4v) is 3.47. The molecule has 1 fully saturated rings. The van der Waals surface area contributed by atoms with Crippen LogP contribution in [-0.4, -0.2) is 36.7 Å². The fraction of sp³-hybridized carbons (Fsp3) is 0.444. The highest BCUT2D eigenvalue weighted by Gasteiger charge is 2.16. The standard InChI is InChI=1S/C18H23N3O2S/c22-17(10-15-12-23-9-8-19-15)20-11-16-13-24-18(21-16)7-6-14-4-2-1-3-5-14/h1-5,13,15,19H,6-12H2,(H,20,22). The summed E-state index contributed by atoms with van der Waals surface area (Å²) in [5, 5.41) is 9.37. The van der Waals surface area contributed by atoms with Crippen LogP contribution in [0, 0.1) is 0 Å². The van der Waals surface area contributed by atoms with E-state index in [2.05, 4.69) is 39.9 Å². The lowest BCUT2D eigenvalue weighted by atomic mass is 10.1. The zero-order chi connectivity index (χ0) is 16.6. The van der Waals surface area contributed by atoms with Crippen molar-refractivity contribution in [3.8, 4) is 0 Å². The average Bonchev–Trinajstić information content (AvgIpc) is 3.08. The normalized spacial score (nSPS) is 17.6. The minimum absolute atomic E-state index is 0.0387. The summed E-state index contributed by atoms with van der Waals surface area (Å²) in [6.45, 7) is 2.64. The molecule has 2 N–H and O–H groups in total. The number of amides is 1. The summed E-state index contributed by atoms with van der Waals surface area (Å²) < 4.78 is 5.36. The molecule has 1 aromatic heterocycles. The Kier molecular flexibility index (Phi) is 6.34. The first-order chi connectivity index (χ1) is 11.8. The van der Waals surface area contributed by atoms with Crippen molar-refractivity contribution >= 4 is 17.2 Å². The molecule has 24 heavy (non-hydrogen) atoms. The van der Waals surface area contributed by atoms with Gasteiger partial charge in [0, 0.05) is 30.8 Å². The molecule has 5 nitrogen and oxygen atoms in total. The highest BCUT2D eigenvalue weighted by atomic mass is 32.1. The van der Waals surface area contributed by atoms with Crippen molar-refractivity contribution in [1.29, 1.82) is 0 Å². The van der Waals surface area contributed by atoms with Crippen LogP contribution in [0.15, 0.2) is 35.7 Å². The lowest BCUT2D eigenvalue weighted by molar-refractivity contribution is -0.122. The molecular weight excluding hydrogens is 322 g/mol. The molecule has 1 atom stereocenters. The number of aromatic nitrogens is 1. The van der Waals surface area contributed by atoms with Crippen LogP contribution in [-0.2, 0) is 28.9 Å². The number of rotatable bonds is 7. The molecule has 0 saturated carbocycles. The van der Waals surface area contributed by atoms with E-state index in [1.807, 2.05) is 11.4 Å². The van der Waals surface area contributed by atoms with E-state index in [1.54, 1.807) is 11.3 Å². The Labute approximate surface area is 146 Å². The molecule has 3 rings (SSSR count). The number of aryl methyl sites for hydroxylation is 2. The molecule has 2 heterocycles. The Morgan fingerprint density at radius 2 is 2.21 bits per heavy atom. The van der Waals surface area contributed by atoms with Crippen molar-refractivity contribution in [2.24, 2.45) is 0 Å². The van der Waals surface area contributed by atoms with Crippen LogP contribution in [0.5, 0.6) is 0 Å². The second-order valence-electron chi connectivity index (χ2n) is 5.92. The molecule has 1 aliphatic rings. The van der Waals surface area contributed by atoms with Crippen molar-refractivity contribution in [2.75, 3.05) is 19.8 Å². The largest absolute Gasteiger partial charge is 0.378 e. The van der Waals surface area contributed by atoms with Gasteiger partial charge < -0.3 is 15.4 Å². The lowest BCUT2D eigenvalue weighted by Gasteiger charge is -2.23. The number of thiazole rings is 1. The number of hydrogen-bond acceptors (Lipinski definition) is 5. The van der Waals surface area contributed by atoms with Crippen LogP contribution in [0.3, 0.4) is 0 Å². The minimum atomic E-state index is 0.0387. The van der Waals surface area contributed by atoms with Gasteiger partial charge in [0.2, 0.25) is 5.91 Å². The highest BCUT2D eigenvalue weighted by Crippen LogP contribution is 2.13. The predicted molar refractivity (Wildman–Crippen MR) is 95.0 cm³/mol. The second kappa shape index (κ2) is 8.92. The van der Waals surface area contributed by atoms with Crippen LogP contribution in [0.2, 0.25) is 0 Å². The lowest BCUT2D eigenvalue weighted by Crippen LogP contribution is -2.44. The second-order valence-corrected chi connectivity index (χ2v) is 6.87. The maximum atomic E-state index is 12.0. The third-order valence-corrected chi connectivity index (χ3v) is 4.92. The van der Waals surface area contributed by atoms with E-state index in [0.29, 0.717) is 19.6 Å². The minimum Gasteiger partial charge on any atom is -0.378 e. The van der Waals surface area contributed by atoms with E-state index >= 15 is 0 Å². The topological polar surface area (TPSA) is 63.2 Å². The van der Waals surface area contributed by atoms with Crippen molar-refractivity contribution in [3.05, 3.63) is 52.0 Å². The maximum Gasteiger partial charge on any atom is 0.221 e. The molecule has 128 valence electrons. The Morgan fingerprint density at radius 3 is 3.00 bits per heavy atom. The summed E-state index contributed by atoms with van der Waals surface area (Å²) in [5.41, 5.74) is 2.26. The summed E-state index contributed by atoms with van der Waals surface area (Å²) in [5.74, 6) is 0.0387. The molecule has 2 aromatic rings. The van der Waals surface area contributed by atoms with Gasteiger partial charge in [0.05, 0.1) is 30.5 Å². The zero-order valence-corrected chi connectivity index (χ0v) is 14.5. The Balaban J connectivity index is 1.40. The molecule has 1 unspecified atom stereocenters. The summed E-state index contributed by atoms with van der Waals surface area (Å²) in [4.78, 5) is 16.6. The van der Waals surface area contributed by atoms with E-state index in [1.165, 1.54) is 5.56 Å². The molecule has 1 aromatic carbocycles. The summed E-state index contributed by atoms with van der Waals surface area (Å²) >= 11 is 1.66. The van der Waals surface area contributed by atoms with E-state index in [-0.39, 0.29) is 11.9 Å². The smallest absolute Gasteiger partial charge is 0.221 e. The maximum absolute atomic E-state index is 12.0. The van der Waals surface area contributed by atoms with Gasteiger partial charge in [-0.25, -0.2) is 4.98 Å². The van der Waals surface area contributed by atoms with Crippen LogP contribution >= 0.6 is 11.3 Å². The molecular formula is C18H23N3O2S. The molecule has 0 radical (unpaired) electrons. The average molecular weight is 345 g/mol. The van der Waals surface area contributed by atoms with Gasteiger partial charge in [0.15, 0.2) is 0 Å². The first-order valence-corrected chi connectivity index (χ1v) is 9.22. The third-order valence-electron chi connectivity index (χ3n) is 3.97. The van der Waals surface area contributed by atoms with Crippen molar-refractivity contribution in [2.45, 2.75) is 31.8 Å². The van der Waals surface area contributed by atoms with Gasteiger partial charge in [-0.1, -0.05) is 30.3 Å². The number of nitrogens with one attached hydrogen (secondary N) is 2. The monoisotopic (exact) mass is 345 g/mol.